The van der Waals surface area contributed by atoms with Crippen molar-refractivity contribution in [3.8, 4) is 5.75 Å². The maximum atomic E-state index is 12.0. The van der Waals surface area contributed by atoms with Crippen molar-refractivity contribution < 1.29 is 27.5 Å². The maximum Gasteiger partial charge on any atom is 0.405 e. The van der Waals surface area contributed by atoms with Gasteiger partial charge >= 0.3 is 6.18 Å². The lowest BCUT2D eigenvalue weighted by molar-refractivity contribution is -0.139. The lowest BCUT2D eigenvalue weighted by Gasteiger charge is -2.13. The number of aryl methyl sites for hydroxylation is 1. The van der Waals surface area contributed by atoms with E-state index in [4.69, 9.17) is 4.74 Å². The fraction of sp³-hybridized carbons (Fsp3) is 0.467. The summed E-state index contributed by atoms with van der Waals surface area (Å²) in [6.07, 6.45) is -4.09. The molecule has 1 amide bonds. The van der Waals surface area contributed by atoms with E-state index in [2.05, 4.69) is 0 Å². The van der Waals surface area contributed by atoms with E-state index in [0.29, 0.717) is 12.0 Å². The Kier molecular flexibility index (Phi) is 4.44. The van der Waals surface area contributed by atoms with Crippen molar-refractivity contribution in [3.63, 3.8) is 0 Å². The number of Topliss-reactive ketones (excluding diaryl/α,β-unsaturated/α-hetero) is 1. The third-order valence-corrected chi connectivity index (χ3v) is 3.53. The Bertz CT molecular complexity index is 611. The van der Waals surface area contributed by atoms with Gasteiger partial charge in [0.2, 0.25) is 0 Å². The Morgan fingerprint density at radius 3 is 2.73 bits per heavy atom. The van der Waals surface area contributed by atoms with Crippen LogP contribution in [0.15, 0.2) is 12.1 Å². The van der Waals surface area contributed by atoms with E-state index < -0.39 is 25.2 Å². The molecule has 0 aliphatic heterocycles. The molecule has 22 heavy (non-hydrogen) atoms. The molecule has 2 rings (SSSR count). The fourth-order valence-electron chi connectivity index (χ4n) is 2.62. The molecule has 0 bridgehead atoms. The normalized spacial score (nSPS) is 17.3. The molecule has 0 spiro atoms. The molecular formula is C15H16F3NO3. The number of fused-ring (bicyclic) bond motifs is 1. The second kappa shape index (κ2) is 5.98. The summed E-state index contributed by atoms with van der Waals surface area (Å²) in [5, 5.41) is 1.72. The molecule has 0 heterocycles. The van der Waals surface area contributed by atoms with Crippen LogP contribution in [0.4, 0.5) is 13.2 Å². The number of hydrogen-bond acceptors (Lipinski definition) is 3. The first-order valence-electron chi connectivity index (χ1n) is 6.82. The molecule has 1 aromatic carbocycles. The number of alkyl halides is 3. The van der Waals surface area contributed by atoms with Crippen LogP contribution < -0.4 is 10.1 Å². The van der Waals surface area contributed by atoms with E-state index in [1.54, 1.807) is 17.4 Å². The van der Waals surface area contributed by atoms with Crippen LogP contribution in [0.1, 0.15) is 40.7 Å². The zero-order valence-corrected chi connectivity index (χ0v) is 12.2. The zero-order valence-electron chi connectivity index (χ0n) is 12.2. The SMILES string of the molecule is Cc1ccc(OCC(=O)NCC(F)(F)F)c2c1C(C)CC2=O. The van der Waals surface area contributed by atoms with E-state index in [1.807, 2.05) is 13.8 Å². The number of benzene rings is 1. The average molecular weight is 315 g/mol. The van der Waals surface area contributed by atoms with E-state index in [1.165, 1.54) is 0 Å². The Balaban J connectivity index is 2.06. The number of halogens is 3. The quantitative estimate of drug-likeness (QED) is 0.929. The van der Waals surface area contributed by atoms with E-state index >= 15 is 0 Å². The molecule has 0 saturated carbocycles. The first-order chi connectivity index (χ1) is 10.2. The van der Waals surface area contributed by atoms with Crippen LogP contribution in [0.2, 0.25) is 0 Å². The predicted octanol–water partition coefficient (Wildman–Crippen LogP) is 2.74. The summed E-state index contributed by atoms with van der Waals surface area (Å²) in [6.45, 7) is 1.84. The minimum absolute atomic E-state index is 0.0723. The van der Waals surface area contributed by atoms with Crippen molar-refractivity contribution in [3.05, 3.63) is 28.8 Å². The molecule has 0 aromatic heterocycles. The third kappa shape index (κ3) is 3.58. The van der Waals surface area contributed by atoms with Crippen molar-refractivity contribution >= 4 is 11.7 Å². The van der Waals surface area contributed by atoms with E-state index in [9.17, 15) is 22.8 Å². The summed E-state index contributed by atoms with van der Waals surface area (Å²) in [6, 6.07) is 3.35. The van der Waals surface area contributed by atoms with Gasteiger partial charge in [-0.25, -0.2) is 0 Å². The van der Waals surface area contributed by atoms with Crippen molar-refractivity contribution in [1.29, 1.82) is 0 Å². The van der Waals surface area contributed by atoms with Gasteiger partial charge in [-0.2, -0.15) is 13.2 Å². The number of carbonyl (C=O) groups is 2. The number of ether oxygens (including phenoxy) is 1. The Labute approximate surface area is 125 Å². The van der Waals surface area contributed by atoms with E-state index in [0.717, 1.165) is 11.1 Å². The first kappa shape index (κ1) is 16.3. The highest BCUT2D eigenvalue weighted by Gasteiger charge is 2.31. The summed E-state index contributed by atoms with van der Waals surface area (Å²) in [5.41, 5.74) is 2.29. The molecule has 4 nitrogen and oxygen atoms in total. The molecule has 120 valence electrons. The lowest BCUT2D eigenvalue weighted by atomic mass is 9.97. The Hall–Kier alpha value is -2.05. The van der Waals surface area contributed by atoms with Gasteiger partial charge in [-0.1, -0.05) is 13.0 Å². The van der Waals surface area contributed by atoms with Gasteiger partial charge in [0.05, 0.1) is 5.56 Å². The molecule has 0 fully saturated rings. The molecular weight excluding hydrogens is 299 g/mol. The van der Waals surface area contributed by atoms with Crippen LogP contribution in [0, 0.1) is 6.92 Å². The van der Waals surface area contributed by atoms with Gasteiger partial charge in [0.1, 0.15) is 12.3 Å². The van der Waals surface area contributed by atoms with Crippen molar-refractivity contribution in [1.82, 2.24) is 5.32 Å². The molecule has 0 radical (unpaired) electrons. The van der Waals surface area contributed by atoms with Crippen LogP contribution >= 0.6 is 0 Å². The van der Waals surface area contributed by atoms with Gasteiger partial charge in [-0.05, 0) is 30.0 Å². The highest BCUT2D eigenvalue weighted by atomic mass is 19.4. The minimum atomic E-state index is -4.47. The zero-order chi connectivity index (χ0) is 16.5. The molecule has 1 aromatic rings. The van der Waals surface area contributed by atoms with Crippen LogP contribution in [0.25, 0.3) is 0 Å². The fourth-order valence-corrected chi connectivity index (χ4v) is 2.62. The molecule has 7 heteroatoms. The topological polar surface area (TPSA) is 55.4 Å². The molecule has 1 atom stereocenters. The highest BCUT2D eigenvalue weighted by Crippen LogP contribution is 2.40. The summed E-state index contributed by atoms with van der Waals surface area (Å²) in [7, 11) is 0. The summed E-state index contributed by atoms with van der Waals surface area (Å²) < 4.78 is 41.2. The Morgan fingerprint density at radius 1 is 1.41 bits per heavy atom. The maximum absolute atomic E-state index is 12.0. The van der Waals surface area contributed by atoms with Crippen molar-refractivity contribution in [2.75, 3.05) is 13.2 Å². The number of rotatable bonds is 4. The molecule has 1 aliphatic carbocycles. The monoisotopic (exact) mass is 315 g/mol. The summed E-state index contributed by atoms with van der Waals surface area (Å²) >= 11 is 0. The van der Waals surface area contributed by atoms with Gasteiger partial charge < -0.3 is 10.1 Å². The lowest BCUT2D eigenvalue weighted by Crippen LogP contribution is -2.36. The molecule has 0 saturated heterocycles. The summed E-state index contributed by atoms with van der Waals surface area (Å²) in [5.74, 6) is -0.635. The standard InChI is InChI=1S/C15H16F3NO3/c1-8-3-4-11(14-10(20)5-9(2)13(8)14)22-6-12(21)19-7-15(16,17)18/h3-4,9H,5-7H2,1-2H3,(H,19,21). The van der Waals surface area contributed by atoms with Crippen LogP contribution in [-0.2, 0) is 4.79 Å². The molecule has 1 aliphatic rings. The minimum Gasteiger partial charge on any atom is -0.483 e. The summed E-state index contributed by atoms with van der Waals surface area (Å²) in [4.78, 5) is 23.4. The number of amides is 1. The third-order valence-electron chi connectivity index (χ3n) is 3.53. The van der Waals surface area contributed by atoms with E-state index in [-0.39, 0.29) is 17.5 Å². The van der Waals surface area contributed by atoms with Gasteiger partial charge in [0.25, 0.3) is 5.91 Å². The molecule has 1 unspecified atom stereocenters. The predicted molar refractivity (Wildman–Crippen MR) is 73.1 cm³/mol. The highest BCUT2D eigenvalue weighted by molar-refractivity contribution is 6.04. The number of carbonyl (C=O) groups excluding carboxylic acids is 2. The van der Waals surface area contributed by atoms with Crippen molar-refractivity contribution in [2.24, 2.45) is 0 Å². The average Bonchev–Trinajstić information content (AvgIpc) is 2.71. The van der Waals surface area contributed by atoms with Crippen LogP contribution in [-0.4, -0.2) is 31.0 Å². The van der Waals surface area contributed by atoms with Gasteiger partial charge in [-0.15, -0.1) is 0 Å². The van der Waals surface area contributed by atoms with Gasteiger partial charge in [-0.3, -0.25) is 9.59 Å². The van der Waals surface area contributed by atoms with Gasteiger partial charge in [0.15, 0.2) is 12.4 Å². The second-order valence-electron chi connectivity index (χ2n) is 5.38. The number of ketones is 1. The number of hydrogen-bond donors (Lipinski definition) is 1. The van der Waals surface area contributed by atoms with Crippen LogP contribution in [0.3, 0.4) is 0 Å². The smallest absolute Gasteiger partial charge is 0.405 e. The number of nitrogens with one attached hydrogen (secondary N) is 1. The first-order valence-corrected chi connectivity index (χ1v) is 6.82. The largest absolute Gasteiger partial charge is 0.483 e. The molecule has 1 N–H and O–H groups in total. The van der Waals surface area contributed by atoms with Gasteiger partial charge in [0, 0.05) is 6.42 Å². The van der Waals surface area contributed by atoms with Crippen LogP contribution in [0.5, 0.6) is 5.75 Å². The second-order valence-corrected chi connectivity index (χ2v) is 5.38. The Morgan fingerprint density at radius 2 is 2.09 bits per heavy atom. The van der Waals surface area contributed by atoms with Crippen molar-refractivity contribution in [2.45, 2.75) is 32.4 Å².